The average Bonchev–Trinajstić information content (AvgIpc) is 2.97. The van der Waals surface area contributed by atoms with Crippen LogP contribution in [0.4, 0.5) is 0 Å². The van der Waals surface area contributed by atoms with E-state index in [0.717, 1.165) is 12.3 Å². The Morgan fingerprint density at radius 3 is 2.94 bits per heavy atom. The largest absolute Gasteiger partial charge is 0.317 e. The summed E-state index contributed by atoms with van der Waals surface area (Å²) >= 11 is 1.77. The molecular formula is C13H22N2S. The lowest BCUT2D eigenvalue weighted by Gasteiger charge is -2.17. The second-order valence-electron chi connectivity index (χ2n) is 4.84. The molecule has 1 fully saturated rings. The number of nitrogens with one attached hydrogen (secondary N) is 1. The molecule has 1 N–H and O–H groups in total. The molecule has 1 heterocycles. The van der Waals surface area contributed by atoms with Crippen molar-refractivity contribution in [1.82, 2.24) is 10.3 Å². The van der Waals surface area contributed by atoms with Crippen LogP contribution in [0.2, 0.25) is 0 Å². The van der Waals surface area contributed by atoms with E-state index in [1.54, 1.807) is 11.3 Å². The van der Waals surface area contributed by atoms with E-state index in [-0.39, 0.29) is 0 Å². The first-order valence-electron chi connectivity index (χ1n) is 6.44. The maximum Gasteiger partial charge on any atom is 0.0940 e. The smallest absolute Gasteiger partial charge is 0.0940 e. The van der Waals surface area contributed by atoms with E-state index >= 15 is 0 Å². The predicted molar refractivity (Wildman–Crippen MR) is 69.9 cm³/mol. The lowest BCUT2D eigenvalue weighted by molar-refractivity contribution is 0.418. The Hall–Kier alpha value is -0.410. The number of hydrogen-bond acceptors (Lipinski definition) is 3. The third kappa shape index (κ3) is 3.56. The summed E-state index contributed by atoms with van der Waals surface area (Å²) in [5, 5.41) is 6.77. The first-order valence-corrected chi connectivity index (χ1v) is 7.32. The standard InChI is InChI=1S/C13H22N2S/c1-14-12(10-13-15-8-9-16-13)7-6-11-4-2-3-5-11/h8-9,11-12,14H,2-7,10H2,1H3. The van der Waals surface area contributed by atoms with Crippen LogP contribution >= 0.6 is 11.3 Å². The van der Waals surface area contributed by atoms with Crippen molar-refractivity contribution < 1.29 is 0 Å². The van der Waals surface area contributed by atoms with Crippen LogP contribution in [0.15, 0.2) is 11.6 Å². The van der Waals surface area contributed by atoms with Gasteiger partial charge in [0, 0.05) is 24.0 Å². The molecule has 1 saturated carbocycles. The third-order valence-corrected chi connectivity index (χ3v) is 4.51. The lowest BCUT2D eigenvalue weighted by atomic mass is 9.97. The van der Waals surface area contributed by atoms with Crippen molar-refractivity contribution >= 4 is 11.3 Å². The Balaban J connectivity index is 1.72. The summed E-state index contributed by atoms with van der Waals surface area (Å²) in [6, 6.07) is 0.617. The zero-order chi connectivity index (χ0) is 11.2. The molecule has 0 saturated heterocycles. The minimum atomic E-state index is 0.617. The van der Waals surface area contributed by atoms with Crippen molar-refractivity contribution in [3.05, 3.63) is 16.6 Å². The van der Waals surface area contributed by atoms with Crippen molar-refractivity contribution in [3.8, 4) is 0 Å². The molecule has 1 unspecified atom stereocenters. The van der Waals surface area contributed by atoms with Gasteiger partial charge in [-0.05, 0) is 25.8 Å². The SMILES string of the molecule is CNC(CCC1CCCC1)Cc1nccs1. The molecule has 0 bridgehead atoms. The first kappa shape index (κ1) is 12.1. The van der Waals surface area contributed by atoms with Crippen LogP contribution < -0.4 is 5.32 Å². The minimum absolute atomic E-state index is 0.617. The van der Waals surface area contributed by atoms with Crippen molar-refractivity contribution in [1.29, 1.82) is 0 Å². The summed E-state index contributed by atoms with van der Waals surface area (Å²) in [6.07, 6.45) is 11.6. The Kier molecular flexibility index (Phi) is 4.79. The third-order valence-electron chi connectivity index (χ3n) is 3.71. The van der Waals surface area contributed by atoms with Gasteiger partial charge in [0.2, 0.25) is 0 Å². The quantitative estimate of drug-likeness (QED) is 0.823. The maximum atomic E-state index is 4.36. The van der Waals surface area contributed by atoms with Crippen LogP contribution in [0.3, 0.4) is 0 Å². The van der Waals surface area contributed by atoms with Crippen LogP contribution in [-0.2, 0) is 6.42 Å². The van der Waals surface area contributed by atoms with E-state index in [4.69, 9.17) is 0 Å². The van der Waals surface area contributed by atoms with E-state index in [2.05, 4.69) is 22.7 Å². The second-order valence-corrected chi connectivity index (χ2v) is 5.82. The molecule has 0 spiro atoms. The summed E-state index contributed by atoms with van der Waals surface area (Å²) in [5.74, 6) is 1.01. The molecule has 0 aromatic carbocycles. The molecule has 1 aliphatic carbocycles. The Morgan fingerprint density at radius 2 is 2.31 bits per heavy atom. The number of thiazole rings is 1. The summed E-state index contributed by atoms with van der Waals surface area (Å²) in [4.78, 5) is 4.36. The molecule has 3 heteroatoms. The molecule has 16 heavy (non-hydrogen) atoms. The molecule has 2 rings (SSSR count). The van der Waals surface area contributed by atoms with Gasteiger partial charge in [0.1, 0.15) is 0 Å². The van der Waals surface area contributed by atoms with Crippen molar-refractivity contribution in [3.63, 3.8) is 0 Å². The van der Waals surface area contributed by atoms with Gasteiger partial charge in [0.05, 0.1) is 5.01 Å². The summed E-state index contributed by atoms with van der Waals surface area (Å²) in [6.45, 7) is 0. The lowest BCUT2D eigenvalue weighted by Crippen LogP contribution is -2.28. The van der Waals surface area contributed by atoms with Crippen LogP contribution in [-0.4, -0.2) is 18.1 Å². The van der Waals surface area contributed by atoms with Crippen LogP contribution in [0.1, 0.15) is 43.5 Å². The Bertz CT molecular complexity index is 278. The van der Waals surface area contributed by atoms with Gasteiger partial charge in [-0.2, -0.15) is 0 Å². The van der Waals surface area contributed by atoms with Crippen molar-refractivity contribution in [2.75, 3.05) is 7.05 Å². The molecule has 1 aliphatic rings. The van der Waals surface area contributed by atoms with Gasteiger partial charge < -0.3 is 5.32 Å². The summed E-state index contributed by atoms with van der Waals surface area (Å²) in [5.41, 5.74) is 0. The zero-order valence-corrected chi connectivity index (χ0v) is 10.9. The van der Waals surface area contributed by atoms with E-state index in [9.17, 15) is 0 Å². The normalized spacial score (nSPS) is 19.1. The fourth-order valence-electron chi connectivity index (χ4n) is 2.65. The zero-order valence-electron chi connectivity index (χ0n) is 10.1. The maximum absolute atomic E-state index is 4.36. The summed E-state index contributed by atoms with van der Waals surface area (Å²) in [7, 11) is 2.08. The number of nitrogens with zero attached hydrogens (tertiary/aromatic N) is 1. The molecular weight excluding hydrogens is 216 g/mol. The van der Waals surface area contributed by atoms with Gasteiger partial charge in [-0.3, -0.25) is 0 Å². The molecule has 1 aromatic heterocycles. The molecule has 1 atom stereocenters. The molecule has 0 amide bonds. The van der Waals surface area contributed by atoms with Gasteiger partial charge in [-0.1, -0.05) is 25.7 Å². The van der Waals surface area contributed by atoms with E-state index in [0.29, 0.717) is 6.04 Å². The number of hydrogen-bond donors (Lipinski definition) is 1. The van der Waals surface area contributed by atoms with E-state index < -0.39 is 0 Å². The van der Waals surface area contributed by atoms with Crippen molar-refractivity contribution in [2.45, 2.75) is 51.0 Å². The molecule has 1 aromatic rings. The first-order chi connectivity index (χ1) is 7.88. The van der Waals surface area contributed by atoms with Gasteiger partial charge in [-0.25, -0.2) is 4.98 Å². The van der Waals surface area contributed by atoms with Crippen molar-refractivity contribution in [2.24, 2.45) is 5.92 Å². The van der Waals surface area contributed by atoms with Gasteiger partial charge >= 0.3 is 0 Å². The number of aromatic nitrogens is 1. The fraction of sp³-hybridized carbons (Fsp3) is 0.769. The highest BCUT2D eigenvalue weighted by Gasteiger charge is 2.17. The van der Waals surface area contributed by atoms with Crippen LogP contribution in [0, 0.1) is 5.92 Å². The second kappa shape index (κ2) is 6.36. The molecule has 0 aliphatic heterocycles. The van der Waals surface area contributed by atoms with Gasteiger partial charge in [-0.15, -0.1) is 11.3 Å². The molecule has 0 radical (unpaired) electrons. The number of likely N-dealkylation sites (N-methyl/N-ethyl adjacent to an activating group) is 1. The predicted octanol–water partition coefficient (Wildman–Crippen LogP) is 3.24. The topological polar surface area (TPSA) is 24.9 Å². The Labute approximate surface area is 102 Å². The highest BCUT2D eigenvalue weighted by Crippen LogP contribution is 2.29. The highest BCUT2D eigenvalue weighted by molar-refractivity contribution is 7.09. The number of rotatable bonds is 6. The fourth-order valence-corrected chi connectivity index (χ4v) is 3.35. The van der Waals surface area contributed by atoms with Gasteiger partial charge in [0.15, 0.2) is 0 Å². The highest BCUT2D eigenvalue weighted by atomic mass is 32.1. The van der Waals surface area contributed by atoms with Crippen LogP contribution in [0.5, 0.6) is 0 Å². The van der Waals surface area contributed by atoms with E-state index in [1.165, 1.54) is 43.5 Å². The van der Waals surface area contributed by atoms with E-state index in [1.807, 2.05) is 6.20 Å². The monoisotopic (exact) mass is 238 g/mol. The Morgan fingerprint density at radius 1 is 1.50 bits per heavy atom. The minimum Gasteiger partial charge on any atom is -0.317 e. The average molecular weight is 238 g/mol. The van der Waals surface area contributed by atoms with Crippen LogP contribution in [0.25, 0.3) is 0 Å². The molecule has 2 nitrogen and oxygen atoms in total. The van der Waals surface area contributed by atoms with Gasteiger partial charge in [0.25, 0.3) is 0 Å². The summed E-state index contributed by atoms with van der Waals surface area (Å²) < 4.78 is 0. The molecule has 90 valence electrons.